The second kappa shape index (κ2) is 8.24. The van der Waals surface area contributed by atoms with E-state index in [1.807, 2.05) is 18.5 Å². The van der Waals surface area contributed by atoms with Crippen molar-refractivity contribution in [2.24, 2.45) is 5.10 Å². The fraction of sp³-hybridized carbons (Fsp3) is 0.412. The Morgan fingerprint density at radius 1 is 1.46 bits per heavy atom. The first-order valence-electron chi connectivity index (χ1n) is 8.09. The summed E-state index contributed by atoms with van der Waals surface area (Å²) in [5, 5.41) is 19.7. The molecule has 7 heteroatoms. The summed E-state index contributed by atoms with van der Waals surface area (Å²) in [7, 11) is 0. The third-order valence-electron chi connectivity index (χ3n) is 3.81. The molecule has 2 rings (SSSR count). The Morgan fingerprint density at radius 3 is 2.96 bits per heavy atom. The zero-order valence-corrected chi connectivity index (χ0v) is 14.3. The van der Waals surface area contributed by atoms with Gasteiger partial charge < -0.3 is 5.21 Å². The molecule has 0 aliphatic rings. The van der Waals surface area contributed by atoms with E-state index in [2.05, 4.69) is 22.5 Å². The number of carbonyl (C=O) groups excluding carboxylic acids is 1. The van der Waals surface area contributed by atoms with Crippen LogP contribution in [0.15, 0.2) is 29.6 Å². The van der Waals surface area contributed by atoms with Crippen LogP contribution in [0.5, 0.6) is 0 Å². The van der Waals surface area contributed by atoms with Gasteiger partial charge in [-0.25, -0.2) is 5.43 Å². The molecule has 0 unspecified atom stereocenters. The number of rotatable bonds is 7. The van der Waals surface area contributed by atoms with E-state index >= 15 is 0 Å². The summed E-state index contributed by atoms with van der Waals surface area (Å²) < 4.78 is 2.55. The highest BCUT2D eigenvalue weighted by molar-refractivity contribution is 5.94. The summed E-state index contributed by atoms with van der Waals surface area (Å²) in [6, 6.07) is 3.07. The van der Waals surface area contributed by atoms with Crippen molar-refractivity contribution in [3.8, 4) is 0 Å². The number of nitrogens with zero attached hydrogens (tertiary/aromatic N) is 4. The number of carbonyl (C=O) groups is 1. The molecule has 24 heavy (non-hydrogen) atoms. The Bertz CT molecular complexity index is 737. The van der Waals surface area contributed by atoms with Crippen LogP contribution >= 0.6 is 0 Å². The van der Waals surface area contributed by atoms with Crippen LogP contribution in [0.4, 0.5) is 0 Å². The summed E-state index contributed by atoms with van der Waals surface area (Å²) in [5.41, 5.74) is 5.49. The van der Waals surface area contributed by atoms with Crippen LogP contribution < -0.4 is 10.2 Å². The minimum atomic E-state index is -0.429. The van der Waals surface area contributed by atoms with E-state index in [4.69, 9.17) is 0 Å². The first-order valence-corrected chi connectivity index (χ1v) is 8.09. The van der Waals surface area contributed by atoms with Gasteiger partial charge >= 0.3 is 0 Å². The average molecular weight is 329 g/mol. The van der Waals surface area contributed by atoms with E-state index in [0.29, 0.717) is 4.73 Å². The van der Waals surface area contributed by atoms with Gasteiger partial charge in [0.15, 0.2) is 12.4 Å². The van der Waals surface area contributed by atoms with Gasteiger partial charge in [-0.05, 0) is 26.3 Å². The van der Waals surface area contributed by atoms with Gasteiger partial charge in [-0.3, -0.25) is 9.48 Å². The smallest absolute Gasteiger partial charge is 0.277 e. The largest absolute Gasteiger partial charge is 0.619 e. The van der Waals surface area contributed by atoms with Crippen molar-refractivity contribution in [1.82, 2.24) is 15.2 Å². The van der Waals surface area contributed by atoms with Gasteiger partial charge in [0.1, 0.15) is 5.56 Å². The minimum absolute atomic E-state index is 0.258. The third kappa shape index (κ3) is 4.41. The Hall–Kier alpha value is -2.70. The molecular formula is C17H23N5O2. The molecule has 0 saturated carbocycles. The fourth-order valence-corrected chi connectivity index (χ4v) is 2.44. The van der Waals surface area contributed by atoms with E-state index in [-0.39, 0.29) is 5.56 Å². The summed E-state index contributed by atoms with van der Waals surface area (Å²) >= 11 is 0. The number of hydrogen-bond donors (Lipinski definition) is 1. The summed E-state index contributed by atoms with van der Waals surface area (Å²) in [5.74, 6) is -0.429. The lowest BCUT2D eigenvalue weighted by Crippen LogP contribution is -2.28. The van der Waals surface area contributed by atoms with E-state index in [1.54, 1.807) is 12.3 Å². The van der Waals surface area contributed by atoms with Crippen LogP contribution in [0.25, 0.3) is 0 Å². The maximum absolute atomic E-state index is 11.9. The zero-order chi connectivity index (χ0) is 17.5. The molecule has 0 fully saturated rings. The maximum Gasteiger partial charge on any atom is 0.277 e. The fourth-order valence-electron chi connectivity index (χ4n) is 2.44. The lowest BCUT2D eigenvalue weighted by atomic mass is 10.2. The number of aryl methyl sites for hydroxylation is 2. The molecule has 0 aliphatic carbocycles. The molecule has 2 aromatic heterocycles. The second-order valence-electron chi connectivity index (χ2n) is 5.67. The van der Waals surface area contributed by atoms with Crippen molar-refractivity contribution in [2.75, 3.05) is 0 Å². The number of nitrogens with one attached hydrogen (secondary N) is 1. The Balaban J connectivity index is 2.02. The number of hydrogen-bond acceptors (Lipinski definition) is 4. The highest BCUT2D eigenvalue weighted by Gasteiger charge is 2.10. The first kappa shape index (κ1) is 17.7. The molecular weight excluding hydrogens is 306 g/mol. The molecule has 2 heterocycles. The SMILES string of the molecule is CCCCCn1nc(C)c(/C=N\NC(=O)c2ccc[n+]([O-])c2)c1C. The van der Waals surface area contributed by atoms with Crippen LogP contribution in [-0.2, 0) is 6.54 Å². The van der Waals surface area contributed by atoms with E-state index in [0.717, 1.165) is 29.9 Å². The molecule has 0 aliphatic heterocycles. The average Bonchev–Trinajstić information content (AvgIpc) is 2.82. The molecule has 128 valence electrons. The molecule has 1 N–H and O–H groups in total. The molecule has 0 aromatic carbocycles. The highest BCUT2D eigenvalue weighted by atomic mass is 16.5. The monoisotopic (exact) mass is 329 g/mol. The molecule has 0 saturated heterocycles. The summed E-state index contributed by atoms with van der Waals surface area (Å²) in [4.78, 5) is 11.9. The van der Waals surface area contributed by atoms with Crippen molar-refractivity contribution in [1.29, 1.82) is 0 Å². The lowest BCUT2D eigenvalue weighted by molar-refractivity contribution is -0.605. The van der Waals surface area contributed by atoms with Crippen molar-refractivity contribution in [3.63, 3.8) is 0 Å². The quantitative estimate of drug-likeness (QED) is 0.277. The molecule has 2 aromatic rings. The topological polar surface area (TPSA) is 86.2 Å². The Kier molecular flexibility index (Phi) is 6.06. The van der Waals surface area contributed by atoms with Crippen molar-refractivity contribution in [2.45, 2.75) is 46.6 Å². The van der Waals surface area contributed by atoms with Crippen molar-refractivity contribution >= 4 is 12.1 Å². The predicted octanol–water partition coefficient (Wildman–Crippen LogP) is 2.09. The highest BCUT2D eigenvalue weighted by Crippen LogP contribution is 2.12. The zero-order valence-electron chi connectivity index (χ0n) is 14.3. The molecule has 0 bridgehead atoms. The molecule has 0 spiro atoms. The lowest BCUT2D eigenvalue weighted by Gasteiger charge is -2.03. The van der Waals surface area contributed by atoms with Gasteiger partial charge in [0, 0.05) is 23.9 Å². The number of aromatic nitrogens is 3. The van der Waals surface area contributed by atoms with Crippen molar-refractivity contribution in [3.05, 3.63) is 52.2 Å². The maximum atomic E-state index is 11.9. The molecule has 1 amide bonds. The van der Waals surface area contributed by atoms with Crippen LogP contribution in [0.3, 0.4) is 0 Å². The second-order valence-corrected chi connectivity index (χ2v) is 5.67. The predicted molar refractivity (Wildman–Crippen MR) is 91.7 cm³/mol. The van der Waals surface area contributed by atoms with Crippen LogP contribution in [0.2, 0.25) is 0 Å². The Morgan fingerprint density at radius 2 is 2.25 bits per heavy atom. The number of unbranched alkanes of at least 4 members (excludes halogenated alkanes) is 2. The van der Waals surface area contributed by atoms with Gasteiger partial charge in [-0.15, -0.1) is 0 Å². The van der Waals surface area contributed by atoms with E-state index in [9.17, 15) is 10.0 Å². The number of amides is 1. The van der Waals surface area contributed by atoms with Gasteiger partial charge in [0.2, 0.25) is 0 Å². The molecule has 0 radical (unpaired) electrons. The van der Waals surface area contributed by atoms with Crippen molar-refractivity contribution < 1.29 is 9.52 Å². The number of hydrazone groups is 1. The molecule has 0 atom stereocenters. The Labute approximate surface area is 141 Å². The van der Waals surface area contributed by atoms with Crippen LogP contribution in [0, 0.1) is 19.1 Å². The standard InChI is InChI=1S/C17H23N5O2/c1-4-5-6-10-22-14(3)16(13(2)20-22)11-18-19-17(23)15-8-7-9-21(24)12-15/h7-9,11-12H,4-6,10H2,1-3H3,(H,19,23)/b18-11-. The number of pyridine rings is 1. The normalized spacial score (nSPS) is 11.1. The van der Waals surface area contributed by atoms with Crippen LogP contribution in [-0.4, -0.2) is 21.9 Å². The van der Waals surface area contributed by atoms with Gasteiger partial charge in [-0.1, -0.05) is 19.8 Å². The minimum Gasteiger partial charge on any atom is -0.619 e. The van der Waals surface area contributed by atoms with Gasteiger partial charge in [0.25, 0.3) is 5.91 Å². The molecule has 7 nitrogen and oxygen atoms in total. The van der Waals surface area contributed by atoms with E-state index < -0.39 is 5.91 Å². The van der Waals surface area contributed by atoms with Gasteiger partial charge in [0.05, 0.1) is 11.9 Å². The third-order valence-corrected chi connectivity index (χ3v) is 3.81. The van der Waals surface area contributed by atoms with Gasteiger partial charge in [-0.2, -0.15) is 14.9 Å². The van der Waals surface area contributed by atoms with E-state index in [1.165, 1.54) is 31.3 Å². The summed E-state index contributed by atoms with van der Waals surface area (Å²) in [6.45, 7) is 6.97. The van der Waals surface area contributed by atoms with Crippen LogP contribution in [0.1, 0.15) is 53.5 Å². The summed E-state index contributed by atoms with van der Waals surface area (Å²) in [6.07, 6.45) is 7.55. The first-order chi connectivity index (χ1) is 11.5.